The molecule has 34 heavy (non-hydrogen) atoms. The maximum absolute atomic E-state index is 13.0. The molecule has 0 aliphatic carbocycles. The SMILES string of the molecule is CN(CC(=O)N1CCC2(CC1)CO[C@@H]1c3cccc(O)c3OC(C)(C)[C@H]1C2)Cc1ccccn1. The molecule has 5 rings (SSSR count). The van der Waals surface area contributed by atoms with E-state index in [0.717, 1.165) is 43.6 Å². The molecule has 0 unspecified atom stereocenters. The van der Waals surface area contributed by atoms with E-state index in [1.807, 2.05) is 47.2 Å². The molecule has 2 fully saturated rings. The Labute approximate surface area is 201 Å². The molecule has 2 aromatic rings. The second kappa shape index (κ2) is 8.86. The molecule has 2 saturated heterocycles. The van der Waals surface area contributed by atoms with Gasteiger partial charge >= 0.3 is 0 Å². The third kappa shape index (κ3) is 4.39. The maximum atomic E-state index is 13.0. The molecule has 1 aromatic carbocycles. The number of hydrogen-bond donors (Lipinski definition) is 1. The first-order chi connectivity index (χ1) is 16.3. The summed E-state index contributed by atoms with van der Waals surface area (Å²) in [6.45, 7) is 7.45. The lowest BCUT2D eigenvalue weighted by molar-refractivity contribution is -0.176. The molecule has 1 aromatic heterocycles. The van der Waals surface area contributed by atoms with Crippen LogP contribution in [0.15, 0.2) is 42.6 Å². The van der Waals surface area contributed by atoms with Gasteiger partial charge in [0, 0.05) is 37.3 Å². The number of ether oxygens (including phenoxy) is 2. The predicted molar refractivity (Wildman–Crippen MR) is 128 cm³/mol. The number of likely N-dealkylation sites (tertiary alicyclic amines) is 1. The Balaban J connectivity index is 1.21. The fourth-order valence-corrected chi connectivity index (χ4v) is 5.88. The van der Waals surface area contributed by atoms with Gasteiger partial charge in [0.05, 0.1) is 24.9 Å². The smallest absolute Gasteiger partial charge is 0.236 e. The quantitative estimate of drug-likeness (QED) is 0.741. The minimum absolute atomic E-state index is 0.0623. The van der Waals surface area contributed by atoms with Crippen molar-refractivity contribution in [3.05, 3.63) is 53.9 Å². The van der Waals surface area contributed by atoms with Crippen molar-refractivity contribution in [2.75, 3.05) is 33.3 Å². The molecule has 0 radical (unpaired) electrons. The van der Waals surface area contributed by atoms with E-state index < -0.39 is 5.60 Å². The average molecular weight is 466 g/mol. The van der Waals surface area contributed by atoms with E-state index in [1.165, 1.54) is 0 Å². The third-order valence-corrected chi connectivity index (χ3v) is 7.92. The fourth-order valence-electron chi connectivity index (χ4n) is 5.88. The number of pyridine rings is 1. The summed E-state index contributed by atoms with van der Waals surface area (Å²) in [6, 6.07) is 11.4. The number of fused-ring (bicyclic) bond motifs is 3. The fraction of sp³-hybridized carbons (Fsp3) is 0.556. The van der Waals surface area contributed by atoms with Crippen LogP contribution in [0.1, 0.15) is 50.5 Å². The molecule has 0 bridgehead atoms. The van der Waals surface area contributed by atoms with Crippen molar-refractivity contribution in [1.29, 1.82) is 0 Å². The van der Waals surface area contributed by atoms with Gasteiger partial charge < -0.3 is 19.5 Å². The first-order valence-corrected chi connectivity index (χ1v) is 12.3. The number of carbonyl (C=O) groups excluding carboxylic acids is 1. The summed E-state index contributed by atoms with van der Waals surface area (Å²) in [5.41, 5.74) is 1.54. The Morgan fingerprint density at radius 3 is 2.74 bits per heavy atom. The second-order valence-electron chi connectivity index (χ2n) is 10.8. The molecule has 1 spiro atoms. The Bertz CT molecular complexity index is 1030. The number of nitrogens with zero attached hydrogens (tertiary/aromatic N) is 3. The summed E-state index contributed by atoms with van der Waals surface area (Å²) in [6.07, 6.45) is 4.59. The van der Waals surface area contributed by atoms with Gasteiger partial charge in [-0.3, -0.25) is 14.7 Å². The largest absolute Gasteiger partial charge is 0.504 e. The minimum atomic E-state index is -0.439. The molecule has 4 heterocycles. The molecule has 182 valence electrons. The van der Waals surface area contributed by atoms with Gasteiger partial charge in [0.1, 0.15) is 5.60 Å². The number of amides is 1. The summed E-state index contributed by atoms with van der Waals surface area (Å²) < 4.78 is 12.8. The monoisotopic (exact) mass is 465 g/mol. The van der Waals surface area contributed by atoms with Crippen LogP contribution in [0.2, 0.25) is 0 Å². The maximum Gasteiger partial charge on any atom is 0.236 e. The van der Waals surface area contributed by atoms with Gasteiger partial charge in [-0.05, 0) is 63.8 Å². The summed E-state index contributed by atoms with van der Waals surface area (Å²) >= 11 is 0. The molecule has 3 aliphatic rings. The van der Waals surface area contributed by atoms with E-state index in [-0.39, 0.29) is 29.1 Å². The van der Waals surface area contributed by atoms with Gasteiger partial charge in [0.25, 0.3) is 0 Å². The van der Waals surface area contributed by atoms with Crippen LogP contribution in [-0.4, -0.2) is 64.7 Å². The van der Waals surface area contributed by atoms with Crippen LogP contribution in [0.4, 0.5) is 0 Å². The van der Waals surface area contributed by atoms with Crippen LogP contribution < -0.4 is 4.74 Å². The number of carbonyl (C=O) groups is 1. The number of para-hydroxylation sites is 1. The Morgan fingerprint density at radius 2 is 2.00 bits per heavy atom. The number of aromatic nitrogens is 1. The van der Waals surface area contributed by atoms with E-state index in [1.54, 1.807) is 12.3 Å². The molecule has 7 nitrogen and oxygen atoms in total. The highest BCUT2D eigenvalue weighted by Gasteiger charge is 2.53. The summed E-state index contributed by atoms with van der Waals surface area (Å²) in [5, 5.41) is 10.3. The summed E-state index contributed by atoms with van der Waals surface area (Å²) in [5.74, 6) is 1.10. The van der Waals surface area contributed by atoms with Crippen LogP contribution in [0.25, 0.3) is 0 Å². The zero-order valence-electron chi connectivity index (χ0n) is 20.4. The molecule has 3 aliphatic heterocycles. The van der Waals surface area contributed by atoms with Gasteiger partial charge in [0.15, 0.2) is 11.5 Å². The molecule has 1 N–H and O–H groups in total. The van der Waals surface area contributed by atoms with Gasteiger partial charge in [-0.1, -0.05) is 18.2 Å². The van der Waals surface area contributed by atoms with Gasteiger partial charge in [-0.15, -0.1) is 0 Å². The van der Waals surface area contributed by atoms with E-state index in [2.05, 4.69) is 18.8 Å². The average Bonchev–Trinajstić information content (AvgIpc) is 2.81. The zero-order valence-corrected chi connectivity index (χ0v) is 20.4. The molecule has 2 atom stereocenters. The third-order valence-electron chi connectivity index (χ3n) is 7.92. The van der Waals surface area contributed by atoms with Crippen LogP contribution in [0.5, 0.6) is 11.5 Å². The molecule has 1 amide bonds. The van der Waals surface area contributed by atoms with Crippen molar-refractivity contribution < 1.29 is 19.4 Å². The molecule has 0 saturated carbocycles. The van der Waals surface area contributed by atoms with Crippen molar-refractivity contribution in [2.45, 2.75) is 51.4 Å². The highest BCUT2D eigenvalue weighted by molar-refractivity contribution is 5.78. The number of piperidine rings is 1. The van der Waals surface area contributed by atoms with Crippen molar-refractivity contribution in [3.8, 4) is 11.5 Å². The van der Waals surface area contributed by atoms with Crippen LogP contribution in [-0.2, 0) is 16.1 Å². The van der Waals surface area contributed by atoms with E-state index in [4.69, 9.17) is 9.47 Å². The predicted octanol–water partition coefficient (Wildman–Crippen LogP) is 3.78. The number of phenolic OH excluding ortho intramolecular Hbond substituents is 1. The highest BCUT2D eigenvalue weighted by atomic mass is 16.5. The number of hydrogen-bond acceptors (Lipinski definition) is 6. The Morgan fingerprint density at radius 1 is 1.21 bits per heavy atom. The highest BCUT2D eigenvalue weighted by Crippen LogP contribution is 2.56. The summed E-state index contributed by atoms with van der Waals surface area (Å²) in [4.78, 5) is 21.3. The van der Waals surface area contributed by atoms with Gasteiger partial charge in [-0.2, -0.15) is 0 Å². The molecule has 7 heteroatoms. The number of phenols is 1. The zero-order chi connectivity index (χ0) is 23.9. The van der Waals surface area contributed by atoms with Crippen LogP contribution >= 0.6 is 0 Å². The number of likely N-dealkylation sites (N-methyl/N-ethyl adjacent to an activating group) is 1. The molecular weight excluding hydrogens is 430 g/mol. The number of benzene rings is 1. The van der Waals surface area contributed by atoms with E-state index >= 15 is 0 Å². The van der Waals surface area contributed by atoms with Crippen molar-refractivity contribution in [2.24, 2.45) is 11.3 Å². The number of rotatable bonds is 4. The first-order valence-electron chi connectivity index (χ1n) is 12.3. The van der Waals surface area contributed by atoms with Gasteiger partial charge in [0.2, 0.25) is 5.91 Å². The van der Waals surface area contributed by atoms with Crippen molar-refractivity contribution in [1.82, 2.24) is 14.8 Å². The summed E-state index contributed by atoms with van der Waals surface area (Å²) in [7, 11) is 1.97. The lowest BCUT2D eigenvalue weighted by Gasteiger charge is -2.54. The topological polar surface area (TPSA) is 75.1 Å². The number of aromatic hydroxyl groups is 1. The first kappa shape index (κ1) is 23.1. The van der Waals surface area contributed by atoms with Gasteiger partial charge in [-0.25, -0.2) is 0 Å². The Hall–Kier alpha value is -2.64. The standard InChI is InChI=1S/C27H35N3O4/c1-26(2)21-15-27(18-33-24(21)20-8-6-9-22(31)25(20)34-26)10-13-30(14-11-27)23(32)17-29(3)16-19-7-4-5-12-28-19/h4-9,12,21,24,31H,10-11,13-18H2,1-3H3/t21-,24+/m0/s1. The molecular formula is C27H35N3O4. The second-order valence-corrected chi connectivity index (χ2v) is 10.8. The van der Waals surface area contributed by atoms with Crippen LogP contribution in [0.3, 0.4) is 0 Å². The minimum Gasteiger partial charge on any atom is -0.504 e. The van der Waals surface area contributed by atoms with Crippen LogP contribution in [0, 0.1) is 11.3 Å². The normalized spacial score (nSPS) is 24.9. The van der Waals surface area contributed by atoms with E-state index in [9.17, 15) is 9.90 Å². The lowest BCUT2D eigenvalue weighted by Crippen LogP contribution is -2.55. The lowest BCUT2D eigenvalue weighted by atomic mass is 9.64. The van der Waals surface area contributed by atoms with E-state index in [0.29, 0.717) is 25.4 Å². The Kier molecular flexibility index (Phi) is 6.02. The van der Waals surface area contributed by atoms with Crippen molar-refractivity contribution in [3.63, 3.8) is 0 Å². The van der Waals surface area contributed by atoms with Crippen molar-refractivity contribution >= 4 is 5.91 Å².